The fraction of sp³-hybridized carbons (Fsp3) is 0.316. The fourth-order valence-electron chi connectivity index (χ4n) is 2.17. The second-order valence-electron chi connectivity index (χ2n) is 5.02. The Morgan fingerprint density at radius 2 is 2.14 bits per heavy atom. The average molecular weight is 297 g/mol. The van der Waals surface area contributed by atoms with Crippen LogP contribution in [0.4, 0.5) is 5.69 Å². The lowest BCUT2D eigenvalue weighted by molar-refractivity contribution is 0.651. The highest BCUT2D eigenvalue weighted by Crippen LogP contribution is 2.25. The largest absolute Gasteiger partial charge is 0.351 e. The van der Waals surface area contributed by atoms with Crippen molar-refractivity contribution in [2.45, 2.75) is 27.2 Å². The summed E-state index contributed by atoms with van der Waals surface area (Å²) in [6.07, 6.45) is 9.24. The first-order valence-electron chi connectivity index (χ1n) is 7.60. The standard InChI is InChI=1S/C19H27N3/c1-7-10-13-22(6)19(9-3)17-12-11-16(8-2)18(14-17)21-15(4)20-5/h8-14H,2,7H2,1,3-6H3,(H,20,21)/b13-10+,19-9-. The molecule has 0 atom stereocenters. The Kier molecular flexibility index (Phi) is 7.17. The predicted molar refractivity (Wildman–Crippen MR) is 100 cm³/mol. The molecule has 0 aliphatic rings. The van der Waals surface area contributed by atoms with Crippen LogP contribution >= 0.6 is 0 Å². The summed E-state index contributed by atoms with van der Waals surface area (Å²) in [6.45, 7) is 10.0. The van der Waals surface area contributed by atoms with E-state index >= 15 is 0 Å². The minimum atomic E-state index is 0.876. The summed E-state index contributed by atoms with van der Waals surface area (Å²) in [5.74, 6) is 0.876. The Labute approximate surface area is 134 Å². The van der Waals surface area contributed by atoms with Gasteiger partial charge in [-0.1, -0.05) is 43.9 Å². The summed E-state index contributed by atoms with van der Waals surface area (Å²) in [7, 11) is 3.84. The van der Waals surface area contributed by atoms with Crippen LogP contribution in [0.25, 0.3) is 11.8 Å². The lowest BCUT2D eigenvalue weighted by Gasteiger charge is -2.20. The van der Waals surface area contributed by atoms with Crippen molar-refractivity contribution in [3.63, 3.8) is 0 Å². The Bertz CT molecular complexity index is 595. The lowest BCUT2D eigenvalue weighted by atomic mass is 10.1. The third-order valence-corrected chi connectivity index (χ3v) is 3.44. The van der Waals surface area contributed by atoms with E-state index in [1.807, 2.05) is 13.0 Å². The van der Waals surface area contributed by atoms with Crippen molar-refractivity contribution in [1.82, 2.24) is 4.90 Å². The summed E-state index contributed by atoms with van der Waals surface area (Å²) in [4.78, 5) is 6.30. The van der Waals surface area contributed by atoms with Crippen LogP contribution in [-0.4, -0.2) is 24.8 Å². The number of nitrogens with one attached hydrogen (secondary N) is 1. The summed E-state index contributed by atoms with van der Waals surface area (Å²) in [5, 5.41) is 3.33. The Hall–Kier alpha value is -2.29. The predicted octanol–water partition coefficient (Wildman–Crippen LogP) is 5.01. The van der Waals surface area contributed by atoms with Gasteiger partial charge in [0.05, 0.1) is 5.84 Å². The minimum absolute atomic E-state index is 0.876. The maximum absolute atomic E-state index is 4.16. The third kappa shape index (κ3) is 4.62. The fourth-order valence-corrected chi connectivity index (χ4v) is 2.17. The molecule has 0 bridgehead atoms. The van der Waals surface area contributed by atoms with Gasteiger partial charge in [-0.05, 0) is 43.7 Å². The second-order valence-corrected chi connectivity index (χ2v) is 5.02. The van der Waals surface area contributed by atoms with Crippen LogP contribution in [0.5, 0.6) is 0 Å². The van der Waals surface area contributed by atoms with Crippen LogP contribution in [0.3, 0.4) is 0 Å². The van der Waals surface area contributed by atoms with E-state index in [2.05, 4.69) is 79.2 Å². The Morgan fingerprint density at radius 3 is 2.68 bits per heavy atom. The molecule has 1 aromatic carbocycles. The van der Waals surface area contributed by atoms with Gasteiger partial charge in [0.15, 0.2) is 0 Å². The van der Waals surface area contributed by atoms with E-state index in [9.17, 15) is 0 Å². The van der Waals surface area contributed by atoms with Gasteiger partial charge in [0.25, 0.3) is 0 Å². The molecule has 0 aliphatic carbocycles. The molecule has 3 nitrogen and oxygen atoms in total. The van der Waals surface area contributed by atoms with Crippen molar-refractivity contribution in [1.29, 1.82) is 0 Å². The molecule has 0 heterocycles. The molecule has 118 valence electrons. The van der Waals surface area contributed by atoms with Crippen LogP contribution in [0, 0.1) is 0 Å². The summed E-state index contributed by atoms with van der Waals surface area (Å²) < 4.78 is 0. The molecule has 1 rings (SSSR count). The number of amidine groups is 1. The van der Waals surface area contributed by atoms with Gasteiger partial charge < -0.3 is 10.2 Å². The van der Waals surface area contributed by atoms with Crippen molar-refractivity contribution >= 4 is 23.3 Å². The topological polar surface area (TPSA) is 27.6 Å². The molecule has 1 N–H and O–H groups in total. The zero-order valence-corrected chi connectivity index (χ0v) is 14.4. The molecule has 22 heavy (non-hydrogen) atoms. The number of nitrogens with zero attached hydrogens (tertiary/aromatic N) is 2. The molecular formula is C19H27N3. The van der Waals surface area contributed by atoms with Gasteiger partial charge in [-0.2, -0.15) is 0 Å². The Balaban J connectivity index is 3.21. The average Bonchev–Trinajstić information content (AvgIpc) is 2.53. The van der Waals surface area contributed by atoms with E-state index in [1.165, 1.54) is 0 Å². The zero-order chi connectivity index (χ0) is 16.5. The quantitative estimate of drug-likeness (QED) is 0.590. The third-order valence-electron chi connectivity index (χ3n) is 3.44. The van der Waals surface area contributed by atoms with Crippen LogP contribution in [0.15, 0.2) is 48.1 Å². The van der Waals surface area contributed by atoms with Gasteiger partial charge in [0, 0.05) is 25.5 Å². The first kappa shape index (κ1) is 17.8. The molecule has 0 saturated carbocycles. The van der Waals surface area contributed by atoms with Crippen LogP contribution in [0.1, 0.15) is 38.3 Å². The number of rotatable bonds is 6. The summed E-state index contributed by atoms with van der Waals surface area (Å²) in [5.41, 5.74) is 4.40. The smallest absolute Gasteiger partial charge is 0.0972 e. The molecule has 0 saturated heterocycles. The van der Waals surface area contributed by atoms with Crippen molar-refractivity contribution in [2.24, 2.45) is 4.99 Å². The van der Waals surface area contributed by atoms with Crippen molar-refractivity contribution < 1.29 is 0 Å². The van der Waals surface area contributed by atoms with Crippen LogP contribution in [-0.2, 0) is 0 Å². The molecule has 3 heteroatoms. The maximum atomic E-state index is 4.16. The molecule has 1 aromatic rings. The first-order chi connectivity index (χ1) is 10.6. The number of allylic oxidation sites excluding steroid dienone is 2. The molecule has 0 amide bonds. The normalized spacial score (nSPS) is 12.6. The number of anilines is 1. The Morgan fingerprint density at radius 1 is 1.41 bits per heavy atom. The number of aliphatic imine (C=N–C) groups is 1. The molecule has 0 spiro atoms. The van der Waals surface area contributed by atoms with Gasteiger partial charge in [0.1, 0.15) is 0 Å². The highest BCUT2D eigenvalue weighted by Gasteiger charge is 2.08. The van der Waals surface area contributed by atoms with E-state index in [1.54, 1.807) is 7.05 Å². The SMILES string of the molecule is C=Cc1ccc(/C(=C/C)N(C)/C=C/CC)cc1NC(C)=NC. The van der Waals surface area contributed by atoms with Gasteiger partial charge in [0.2, 0.25) is 0 Å². The summed E-state index contributed by atoms with van der Waals surface area (Å²) >= 11 is 0. The minimum Gasteiger partial charge on any atom is -0.351 e. The first-order valence-corrected chi connectivity index (χ1v) is 7.60. The monoisotopic (exact) mass is 297 g/mol. The molecule has 0 unspecified atom stereocenters. The maximum Gasteiger partial charge on any atom is 0.0972 e. The number of benzene rings is 1. The van der Waals surface area contributed by atoms with E-state index in [0.29, 0.717) is 0 Å². The highest BCUT2D eigenvalue weighted by atomic mass is 15.1. The van der Waals surface area contributed by atoms with Crippen molar-refractivity contribution in [3.05, 3.63) is 54.3 Å². The number of hydrogen-bond donors (Lipinski definition) is 1. The van der Waals surface area contributed by atoms with Gasteiger partial charge in [-0.3, -0.25) is 4.99 Å². The molecule has 0 aromatic heterocycles. The molecule has 0 aliphatic heterocycles. The highest BCUT2D eigenvalue weighted by molar-refractivity contribution is 5.95. The lowest BCUT2D eigenvalue weighted by Crippen LogP contribution is -2.11. The van der Waals surface area contributed by atoms with E-state index in [4.69, 9.17) is 0 Å². The van der Waals surface area contributed by atoms with Gasteiger partial charge >= 0.3 is 0 Å². The number of hydrogen-bond acceptors (Lipinski definition) is 2. The molecular weight excluding hydrogens is 270 g/mol. The van der Waals surface area contributed by atoms with E-state index < -0.39 is 0 Å². The second kappa shape index (κ2) is 8.88. The molecule has 0 radical (unpaired) electrons. The zero-order valence-electron chi connectivity index (χ0n) is 14.4. The van der Waals surface area contributed by atoms with Gasteiger partial charge in [-0.15, -0.1) is 0 Å². The van der Waals surface area contributed by atoms with Crippen molar-refractivity contribution in [3.8, 4) is 0 Å². The van der Waals surface area contributed by atoms with E-state index in [-0.39, 0.29) is 0 Å². The molecule has 0 fully saturated rings. The van der Waals surface area contributed by atoms with Crippen LogP contribution in [0.2, 0.25) is 0 Å². The van der Waals surface area contributed by atoms with Gasteiger partial charge in [-0.25, -0.2) is 0 Å². The van der Waals surface area contributed by atoms with Crippen LogP contribution < -0.4 is 5.32 Å². The van der Waals surface area contributed by atoms with Crippen molar-refractivity contribution in [2.75, 3.05) is 19.4 Å². The summed E-state index contributed by atoms with van der Waals surface area (Å²) in [6, 6.07) is 6.33. The van der Waals surface area contributed by atoms with E-state index in [0.717, 1.165) is 34.8 Å².